The molecule has 0 radical (unpaired) electrons. The molecule has 2 nitrogen and oxygen atoms in total. The summed E-state index contributed by atoms with van der Waals surface area (Å²) in [4.78, 5) is 0. The lowest BCUT2D eigenvalue weighted by molar-refractivity contribution is 0.116. The SMILES string of the molecule is CSOCCCCCCOCc1ccccc1. The maximum Gasteiger partial charge on any atom is 0.0716 e. The van der Waals surface area contributed by atoms with E-state index in [0.29, 0.717) is 0 Å². The second kappa shape index (κ2) is 10.6. The molecule has 0 saturated carbocycles. The number of hydrogen-bond donors (Lipinski definition) is 0. The van der Waals surface area contributed by atoms with Gasteiger partial charge in [-0.25, -0.2) is 0 Å². The first-order valence-electron chi connectivity index (χ1n) is 6.21. The van der Waals surface area contributed by atoms with E-state index in [2.05, 4.69) is 12.1 Å². The van der Waals surface area contributed by atoms with Crippen molar-refractivity contribution >= 4 is 12.0 Å². The summed E-state index contributed by atoms with van der Waals surface area (Å²) in [5.74, 6) is 0. The summed E-state index contributed by atoms with van der Waals surface area (Å²) in [6, 6.07) is 10.3. The first-order chi connectivity index (χ1) is 8.43. The molecule has 0 aromatic heterocycles. The molecule has 1 aromatic carbocycles. The van der Waals surface area contributed by atoms with Crippen molar-refractivity contribution in [1.82, 2.24) is 0 Å². The quantitative estimate of drug-likeness (QED) is 0.463. The lowest BCUT2D eigenvalue weighted by Crippen LogP contribution is -1.96. The molecule has 0 bridgehead atoms. The zero-order valence-electron chi connectivity index (χ0n) is 10.6. The summed E-state index contributed by atoms with van der Waals surface area (Å²) in [5.41, 5.74) is 1.25. The fraction of sp³-hybridized carbons (Fsp3) is 0.571. The molecule has 0 amide bonds. The van der Waals surface area contributed by atoms with Crippen molar-refractivity contribution in [2.75, 3.05) is 19.5 Å². The van der Waals surface area contributed by atoms with Gasteiger partial charge in [-0.2, -0.15) is 0 Å². The molecule has 0 aliphatic heterocycles. The minimum Gasteiger partial charge on any atom is -0.377 e. The summed E-state index contributed by atoms with van der Waals surface area (Å²) >= 11 is 1.45. The van der Waals surface area contributed by atoms with Crippen molar-refractivity contribution in [1.29, 1.82) is 0 Å². The molecule has 0 N–H and O–H groups in total. The van der Waals surface area contributed by atoms with Crippen molar-refractivity contribution in [3.8, 4) is 0 Å². The van der Waals surface area contributed by atoms with Crippen LogP contribution in [-0.4, -0.2) is 19.5 Å². The second-order valence-corrected chi connectivity index (χ2v) is 4.51. The maximum absolute atomic E-state index is 5.61. The van der Waals surface area contributed by atoms with Crippen LogP contribution >= 0.6 is 12.0 Å². The Morgan fingerprint density at radius 3 is 2.35 bits per heavy atom. The first kappa shape index (κ1) is 14.6. The minimum absolute atomic E-state index is 0.733. The van der Waals surface area contributed by atoms with Crippen LogP contribution in [0.3, 0.4) is 0 Å². The van der Waals surface area contributed by atoms with Crippen molar-refractivity contribution in [3.63, 3.8) is 0 Å². The zero-order chi connectivity index (χ0) is 12.2. The van der Waals surface area contributed by atoms with Gasteiger partial charge in [0.05, 0.1) is 13.2 Å². The fourth-order valence-electron chi connectivity index (χ4n) is 1.57. The topological polar surface area (TPSA) is 18.5 Å². The molecular weight excluding hydrogens is 232 g/mol. The highest BCUT2D eigenvalue weighted by atomic mass is 32.2. The molecule has 0 heterocycles. The average molecular weight is 254 g/mol. The Bertz CT molecular complexity index is 264. The van der Waals surface area contributed by atoms with E-state index in [1.54, 1.807) is 0 Å². The molecule has 0 spiro atoms. The van der Waals surface area contributed by atoms with Crippen LogP contribution in [-0.2, 0) is 15.5 Å². The predicted octanol–water partition coefficient (Wildman–Crippen LogP) is 4.06. The Hall–Kier alpha value is -0.510. The molecular formula is C14H22O2S. The van der Waals surface area contributed by atoms with Gasteiger partial charge < -0.3 is 8.92 Å². The van der Waals surface area contributed by atoms with Gasteiger partial charge in [0.1, 0.15) is 0 Å². The van der Waals surface area contributed by atoms with E-state index >= 15 is 0 Å². The molecule has 0 aliphatic carbocycles. The van der Waals surface area contributed by atoms with Gasteiger partial charge in [-0.15, -0.1) is 0 Å². The second-order valence-electron chi connectivity index (χ2n) is 3.94. The molecule has 1 rings (SSSR count). The third-order valence-electron chi connectivity index (χ3n) is 2.50. The maximum atomic E-state index is 5.61. The standard InChI is InChI=1S/C14H22O2S/c1-17-16-12-8-3-2-7-11-15-13-14-9-5-4-6-10-14/h4-6,9-10H,2-3,7-8,11-13H2,1H3. The van der Waals surface area contributed by atoms with Crippen LogP contribution in [0.15, 0.2) is 30.3 Å². The van der Waals surface area contributed by atoms with Crippen LogP contribution in [0.25, 0.3) is 0 Å². The zero-order valence-corrected chi connectivity index (χ0v) is 11.4. The van der Waals surface area contributed by atoms with Crippen LogP contribution < -0.4 is 0 Å². The third-order valence-corrected chi connectivity index (χ3v) is 2.90. The largest absolute Gasteiger partial charge is 0.377 e. The van der Waals surface area contributed by atoms with Gasteiger partial charge in [0.2, 0.25) is 0 Å². The predicted molar refractivity (Wildman–Crippen MR) is 74.0 cm³/mol. The summed E-state index contributed by atoms with van der Waals surface area (Å²) < 4.78 is 10.8. The third kappa shape index (κ3) is 8.25. The smallest absolute Gasteiger partial charge is 0.0716 e. The van der Waals surface area contributed by atoms with Gasteiger partial charge in [-0.3, -0.25) is 0 Å². The van der Waals surface area contributed by atoms with Crippen molar-refractivity contribution in [2.45, 2.75) is 32.3 Å². The van der Waals surface area contributed by atoms with E-state index in [9.17, 15) is 0 Å². The van der Waals surface area contributed by atoms with Gasteiger partial charge in [0.15, 0.2) is 0 Å². The molecule has 1 aromatic rings. The molecule has 3 heteroatoms. The molecule has 96 valence electrons. The lowest BCUT2D eigenvalue weighted by atomic mass is 10.2. The van der Waals surface area contributed by atoms with Crippen LogP contribution in [0, 0.1) is 0 Å². The summed E-state index contributed by atoms with van der Waals surface area (Å²) in [7, 11) is 0. The van der Waals surface area contributed by atoms with Gasteiger partial charge in [0, 0.05) is 12.9 Å². The first-order valence-corrected chi connectivity index (χ1v) is 7.36. The summed E-state index contributed by atoms with van der Waals surface area (Å²) in [5, 5.41) is 0. The number of ether oxygens (including phenoxy) is 1. The van der Waals surface area contributed by atoms with Gasteiger partial charge in [-0.05, 0) is 30.4 Å². The van der Waals surface area contributed by atoms with E-state index in [1.807, 2.05) is 24.5 Å². The van der Waals surface area contributed by atoms with Crippen LogP contribution in [0.2, 0.25) is 0 Å². The Labute approximate surface area is 109 Å². The molecule has 0 unspecified atom stereocenters. The fourth-order valence-corrected chi connectivity index (χ4v) is 1.85. The molecule has 0 atom stereocenters. The van der Waals surface area contributed by atoms with E-state index < -0.39 is 0 Å². The Kier molecular flexibility index (Phi) is 9.10. The number of hydrogen-bond acceptors (Lipinski definition) is 3. The Morgan fingerprint density at radius 2 is 1.65 bits per heavy atom. The number of unbranched alkanes of at least 4 members (excludes halogenated alkanes) is 3. The summed E-state index contributed by atoms with van der Waals surface area (Å²) in [6.45, 7) is 2.46. The number of rotatable bonds is 10. The Balaban J connectivity index is 1.85. The monoisotopic (exact) mass is 254 g/mol. The van der Waals surface area contributed by atoms with E-state index in [4.69, 9.17) is 8.92 Å². The molecule has 0 saturated heterocycles. The number of benzene rings is 1. The lowest BCUT2D eigenvalue weighted by Gasteiger charge is -2.04. The highest BCUT2D eigenvalue weighted by molar-refractivity contribution is 7.93. The highest BCUT2D eigenvalue weighted by Crippen LogP contribution is 2.05. The van der Waals surface area contributed by atoms with Crippen LogP contribution in [0.4, 0.5) is 0 Å². The van der Waals surface area contributed by atoms with Gasteiger partial charge >= 0.3 is 0 Å². The van der Waals surface area contributed by atoms with Crippen LogP contribution in [0.5, 0.6) is 0 Å². The van der Waals surface area contributed by atoms with E-state index in [-0.39, 0.29) is 0 Å². The minimum atomic E-state index is 0.733. The summed E-state index contributed by atoms with van der Waals surface area (Å²) in [6.07, 6.45) is 6.71. The average Bonchev–Trinajstić information content (AvgIpc) is 2.38. The van der Waals surface area contributed by atoms with Crippen molar-refractivity contribution in [2.24, 2.45) is 0 Å². The van der Waals surface area contributed by atoms with E-state index in [0.717, 1.165) is 32.7 Å². The van der Waals surface area contributed by atoms with Crippen molar-refractivity contribution < 1.29 is 8.92 Å². The Morgan fingerprint density at radius 1 is 0.941 bits per heavy atom. The van der Waals surface area contributed by atoms with Crippen molar-refractivity contribution in [3.05, 3.63) is 35.9 Å². The van der Waals surface area contributed by atoms with Gasteiger partial charge in [-0.1, -0.05) is 43.2 Å². The van der Waals surface area contributed by atoms with E-state index in [1.165, 1.54) is 30.4 Å². The molecule has 0 fully saturated rings. The normalized spacial score (nSPS) is 10.6. The molecule has 0 aliphatic rings. The van der Waals surface area contributed by atoms with Crippen LogP contribution in [0.1, 0.15) is 31.2 Å². The van der Waals surface area contributed by atoms with Gasteiger partial charge in [0.25, 0.3) is 0 Å². The highest BCUT2D eigenvalue weighted by Gasteiger charge is 1.93. The molecule has 17 heavy (non-hydrogen) atoms.